The zero-order valence-corrected chi connectivity index (χ0v) is 27.9. The van der Waals surface area contributed by atoms with Crippen LogP contribution < -0.4 is 14.9 Å². The van der Waals surface area contributed by atoms with Gasteiger partial charge in [-0.15, -0.1) is 0 Å². The molecule has 2 aliphatic heterocycles. The van der Waals surface area contributed by atoms with Gasteiger partial charge in [-0.2, -0.15) is 5.01 Å². The van der Waals surface area contributed by atoms with Crippen LogP contribution >= 0.6 is 0 Å². The molecular weight excluding hydrogens is 622 g/mol. The normalized spacial score (nSPS) is 27.6. The lowest BCUT2D eigenvalue weighted by atomic mass is 9.50. The fraction of sp³-hybridized carbons (Fsp3) is 0.333. The molecule has 3 aromatic carbocycles. The molecule has 4 amide bonds. The highest BCUT2D eigenvalue weighted by molar-refractivity contribution is 6.13. The minimum Gasteiger partial charge on any atom is -0.502 e. The average molecular weight is 662 g/mol. The molecule has 0 radical (unpaired) electrons. The van der Waals surface area contributed by atoms with Crippen molar-refractivity contribution < 1.29 is 33.8 Å². The van der Waals surface area contributed by atoms with Crippen molar-refractivity contribution in [3.8, 4) is 17.2 Å². The quantitative estimate of drug-likeness (QED) is 0.247. The summed E-state index contributed by atoms with van der Waals surface area (Å²) in [5.74, 6) is -3.93. The molecule has 252 valence electrons. The number of nitrogens with one attached hydrogen (secondary N) is 1. The lowest BCUT2D eigenvalue weighted by Crippen LogP contribution is -2.54. The highest BCUT2D eigenvalue weighted by Gasteiger charge is 2.69. The molecule has 7 rings (SSSR count). The first-order valence-electron chi connectivity index (χ1n) is 16.6. The van der Waals surface area contributed by atoms with Crippen molar-refractivity contribution in [1.82, 2.24) is 9.91 Å². The average Bonchev–Trinajstić information content (AvgIpc) is 3.49. The minimum atomic E-state index is -1.36. The van der Waals surface area contributed by atoms with E-state index < -0.39 is 40.9 Å². The molecule has 2 N–H and O–H groups in total. The molecule has 2 aliphatic carbocycles. The van der Waals surface area contributed by atoms with Crippen molar-refractivity contribution >= 4 is 35.4 Å². The van der Waals surface area contributed by atoms with Gasteiger partial charge in [0.2, 0.25) is 17.6 Å². The number of aromatic hydroxyl groups is 1. The number of carbonyl (C=O) groups excluding carboxylic acids is 4. The number of hydrogen-bond donors (Lipinski definition) is 2. The van der Waals surface area contributed by atoms with Crippen LogP contribution in [0.1, 0.15) is 36.5 Å². The van der Waals surface area contributed by atoms with E-state index in [1.165, 1.54) is 19.1 Å². The Hall–Kier alpha value is -5.38. The van der Waals surface area contributed by atoms with Gasteiger partial charge in [0.15, 0.2) is 11.5 Å². The second kappa shape index (κ2) is 12.3. The summed E-state index contributed by atoms with van der Waals surface area (Å²) in [4.78, 5) is 58.3. The fourth-order valence-corrected chi connectivity index (χ4v) is 8.59. The van der Waals surface area contributed by atoms with Crippen LogP contribution in [0.25, 0.3) is 6.08 Å². The van der Waals surface area contributed by atoms with E-state index in [0.29, 0.717) is 23.2 Å². The number of hydrazine groups is 1. The molecule has 0 unspecified atom stereocenters. The van der Waals surface area contributed by atoms with Crippen LogP contribution in [0.15, 0.2) is 84.5 Å². The molecule has 6 atom stereocenters. The monoisotopic (exact) mass is 661 g/mol. The number of hydrogen-bond acceptors (Lipinski definition) is 8. The molecular formula is C39H39N3O7. The van der Waals surface area contributed by atoms with Crippen molar-refractivity contribution in [2.45, 2.75) is 32.1 Å². The van der Waals surface area contributed by atoms with Crippen LogP contribution in [0.5, 0.6) is 17.2 Å². The summed E-state index contributed by atoms with van der Waals surface area (Å²) < 4.78 is 10.8. The number of anilines is 1. The summed E-state index contributed by atoms with van der Waals surface area (Å²) in [5.41, 5.74) is 5.57. The number of ether oxygens (including phenoxy) is 2. The fourth-order valence-electron chi connectivity index (χ4n) is 8.59. The Balaban J connectivity index is 1.42. The van der Waals surface area contributed by atoms with Crippen LogP contribution in [0, 0.1) is 36.5 Å². The number of likely N-dealkylation sites (tertiary alicyclic amines) is 1. The predicted molar refractivity (Wildman–Crippen MR) is 182 cm³/mol. The van der Waals surface area contributed by atoms with Crippen LogP contribution in [0.3, 0.4) is 0 Å². The summed E-state index contributed by atoms with van der Waals surface area (Å²) in [6, 6.07) is 20.2. The molecule has 10 heteroatoms. The molecule has 3 fully saturated rings. The zero-order chi connectivity index (χ0) is 34.6. The summed E-state index contributed by atoms with van der Waals surface area (Å²) in [7, 11) is 2.90. The molecule has 0 aromatic heterocycles. The van der Waals surface area contributed by atoms with Crippen LogP contribution in [0.2, 0.25) is 0 Å². The van der Waals surface area contributed by atoms with Gasteiger partial charge in [0.05, 0.1) is 43.1 Å². The number of rotatable bonds is 8. The van der Waals surface area contributed by atoms with Gasteiger partial charge in [0.1, 0.15) is 0 Å². The third-order valence-electron chi connectivity index (χ3n) is 10.8. The topological polar surface area (TPSA) is 125 Å². The smallest absolute Gasteiger partial charge is 0.260 e. The Morgan fingerprint density at radius 2 is 1.59 bits per heavy atom. The molecule has 3 aromatic rings. The van der Waals surface area contributed by atoms with Crippen molar-refractivity contribution in [2.75, 3.05) is 26.2 Å². The van der Waals surface area contributed by atoms with Gasteiger partial charge in [0, 0.05) is 12.5 Å². The Labute approximate surface area is 285 Å². The van der Waals surface area contributed by atoms with Gasteiger partial charge in [-0.05, 0) is 68.0 Å². The molecule has 2 saturated heterocycles. The van der Waals surface area contributed by atoms with Crippen molar-refractivity contribution in [3.05, 3.63) is 101 Å². The van der Waals surface area contributed by atoms with E-state index in [4.69, 9.17) is 9.47 Å². The number of phenolic OH excluding ortho intramolecular Hbond substituents is 1. The van der Waals surface area contributed by atoms with Gasteiger partial charge >= 0.3 is 0 Å². The first kappa shape index (κ1) is 32.2. The summed E-state index contributed by atoms with van der Waals surface area (Å²) >= 11 is 0. The summed E-state index contributed by atoms with van der Waals surface area (Å²) in [5, 5.41) is 11.7. The Kier molecular flexibility index (Phi) is 8.05. The molecule has 10 nitrogen and oxygen atoms in total. The minimum absolute atomic E-state index is 0.138. The third-order valence-corrected chi connectivity index (χ3v) is 10.8. The number of amides is 4. The number of methoxy groups -OCH3 is 2. The SMILES string of the molecule is CCN1C(=O)[C@H]2[C@H](CC=C3[C@H]2C[C@H]2C(=O)N(Nc4ccc(C)cc4)C(=O)[C@@]2(c2ccccc2)[C@H]3C=Cc2cc(OC)c(O)c(OC)c2)C1=O. The number of allylic oxidation sites excluding steroid dienone is 3. The summed E-state index contributed by atoms with van der Waals surface area (Å²) in [6.45, 7) is 4.04. The number of benzene rings is 3. The number of imide groups is 2. The van der Waals surface area contributed by atoms with Gasteiger partial charge < -0.3 is 14.6 Å². The Morgan fingerprint density at radius 1 is 0.918 bits per heavy atom. The number of phenols is 1. The maximum absolute atomic E-state index is 15.1. The van der Waals surface area contributed by atoms with Crippen molar-refractivity contribution in [1.29, 1.82) is 0 Å². The second-order valence-corrected chi connectivity index (χ2v) is 13.2. The Bertz CT molecular complexity index is 1880. The zero-order valence-electron chi connectivity index (χ0n) is 27.9. The van der Waals surface area contributed by atoms with E-state index in [9.17, 15) is 19.5 Å². The highest BCUT2D eigenvalue weighted by Crippen LogP contribution is 2.61. The third kappa shape index (κ3) is 4.83. The molecule has 0 spiro atoms. The van der Waals surface area contributed by atoms with Crippen molar-refractivity contribution in [3.63, 3.8) is 0 Å². The standard InChI is InChI=1S/C39H39N3O7/c1-5-41-35(44)27-17-16-26-28(33(27)37(41)46)21-30-36(45)42(40-25-14-11-22(2)12-15-25)38(47)39(30,24-9-7-6-8-10-24)29(26)18-13-23-19-31(48-3)34(43)32(20-23)49-4/h6-16,18-20,27-30,33,40,43H,5,17,21H2,1-4H3/t27-,28+,29-,30-,33-,39-/m0/s1. The van der Waals surface area contributed by atoms with E-state index in [1.54, 1.807) is 19.1 Å². The first-order chi connectivity index (χ1) is 23.6. The lowest BCUT2D eigenvalue weighted by molar-refractivity contribution is -0.141. The Morgan fingerprint density at radius 3 is 2.22 bits per heavy atom. The summed E-state index contributed by atoms with van der Waals surface area (Å²) in [6.07, 6.45) is 6.38. The van der Waals surface area contributed by atoms with Gasteiger partial charge in [-0.1, -0.05) is 71.8 Å². The molecule has 0 bridgehead atoms. The van der Waals surface area contributed by atoms with E-state index in [2.05, 4.69) is 5.43 Å². The lowest BCUT2D eigenvalue weighted by Gasteiger charge is -2.49. The van der Waals surface area contributed by atoms with E-state index in [1.807, 2.05) is 79.7 Å². The van der Waals surface area contributed by atoms with Crippen LogP contribution in [-0.2, 0) is 24.6 Å². The molecule has 2 heterocycles. The predicted octanol–water partition coefficient (Wildman–Crippen LogP) is 5.27. The molecule has 49 heavy (non-hydrogen) atoms. The van der Waals surface area contributed by atoms with E-state index in [0.717, 1.165) is 16.1 Å². The van der Waals surface area contributed by atoms with Crippen LogP contribution in [-0.4, -0.2) is 59.4 Å². The number of aryl methyl sites for hydroxylation is 1. The highest BCUT2D eigenvalue weighted by atomic mass is 16.5. The van der Waals surface area contributed by atoms with Crippen molar-refractivity contribution in [2.24, 2.45) is 29.6 Å². The van der Waals surface area contributed by atoms with Gasteiger partial charge in [-0.25, -0.2) is 0 Å². The maximum atomic E-state index is 15.1. The number of carbonyl (C=O) groups is 4. The maximum Gasteiger partial charge on any atom is 0.260 e. The van der Waals surface area contributed by atoms with E-state index >= 15 is 4.79 Å². The van der Waals surface area contributed by atoms with Gasteiger partial charge in [0.25, 0.3) is 11.8 Å². The number of nitrogens with zero attached hydrogens (tertiary/aromatic N) is 2. The first-order valence-corrected chi connectivity index (χ1v) is 16.6. The van der Waals surface area contributed by atoms with E-state index in [-0.39, 0.29) is 47.9 Å². The van der Waals surface area contributed by atoms with Gasteiger partial charge in [-0.3, -0.25) is 29.5 Å². The molecule has 4 aliphatic rings. The number of fused-ring (bicyclic) bond motifs is 4. The largest absolute Gasteiger partial charge is 0.502 e. The van der Waals surface area contributed by atoms with Crippen LogP contribution in [0.4, 0.5) is 5.69 Å². The molecule has 1 saturated carbocycles. The second-order valence-electron chi connectivity index (χ2n) is 13.2.